The molecule has 1 fully saturated rings. The van der Waals surface area contributed by atoms with Crippen LogP contribution in [0.25, 0.3) is 0 Å². The summed E-state index contributed by atoms with van der Waals surface area (Å²) in [5, 5.41) is 3.29. The maximum atomic E-state index is 12.5. The predicted octanol–water partition coefficient (Wildman–Crippen LogP) is 2.13. The van der Waals surface area contributed by atoms with Gasteiger partial charge in [0.1, 0.15) is 0 Å². The largest absolute Gasteiger partial charge is 0.339 e. The number of carbonyl (C=O) groups is 1. The first-order chi connectivity index (χ1) is 8.63. The average molecular weight is 246 g/mol. The molecule has 18 heavy (non-hydrogen) atoms. The van der Waals surface area contributed by atoms with Gasteiger partial charge >= 0.3 is 0 Å². The molecule has 0 unspecified atom stereocenters. The highest BCUT2D eigenvalue weighted by Crippen LogP contribution is 2.19. The molecule has 1 aromatic carbocycles. The molecule has 1 N–H and O–H groups in total. The fraction of sp³-hybridized carbons (Fsp3) is 0.533. The van der Waals surface area contributed by atoms with Gasteiger partial charge in [0.25, 0.3) is 5.91 Å². The summed E-state index contributed by atoms with van der Waals surface area (Å²) in [6.45, 7) is 5.75. The van der Waals surface area contributed by atoms with Gasteiger partial charge in [-0.2, -0.15) is 0 Å². The molecular formula is C15H22N2O. The normalized spacial score (nSPS) is 16.9. The maximum absolute atomic E-state index is 12.5. The Hall–Kier alpha value is -1.35. The van der Waals surface area contributed by atoms with Crippen LogP contribution in [0.1, 0.15) is 34.3 Å². The van der Waals surface area contributed by atoms with Gasteiger partial charge in [0.05, 0.1) is 0 Å². The van der Waals surface area contributed by atoms with Crippen molar-refractivity contribution in [3.8, 4) is 0 Å². The Morgan fingerprint density at radius 1 is 1.22 bits per heavy atom. The zero-order valence-electron chi connectivity index (χ0n) is 11.5. The third-order valence-electron chi connectivity index (χ3n) is 3.89. The van der Waals surface area contributed by atoms with Crippen LogP contribution < -0.4 is 5.32 Å². The highest BCUT2D eigenvalue weighted by molar-refractivity contribution is 5.97. The van der Waals surface area contributed by atoms with E-state index in [2.05, 4.69) is 5.32 Å². The van der Waals surface area contributed by atoms with Crippen LogP contribution in [-0.2, 0) is 0 Å². The van der Waals surface area contributed by atoms with E-state index in [1.807, 2.05) is 44.0 Å². The first-order valence-corrected chi connectivity index (χ1v) is 6.66. The highest BCUT2D eigenvalue weighted by Gasteiger charge is 2.24. The summed E-state index contributed by atoms with van der Waals surface area (Å²) in [5.41, 5.74) is 3.05. The summed E-state index contributed by atoms with van der Waals surface area (Å²) in [4.78, 5) is 14.5. The summed E-state index contributed by atoms with van der Waals surface area (Å²) < 4.78 is 0. The number of hydrogen-bond donors (Lipinski definition) is 1. The fourth-order valence-corrected chi connectivity index (χ4v) is 2.68. The van der Waals surface area contributed by atoms with Crippen LogP contribution in [0.3, 0.4) is 0 Å². The van der Waals surface area contributed by atoms with Crippen molar-refractivity contribution in [1.29, 1.82) is 0 Å². The van der Waals surface area contributed by atoms with E-state index in [0.717, 1.165) is 42.6 Å². The molecule has 3 heteroatoms. The van der Waals surface area contributed by atoms with Crippen LogP contribution in [0, 0.1) is 13.8 Å². The van der Waals surface area contributed by atoms with Gasteiger partial charge in [0, 0.05) is 24.7 Å². The number of benzene rings is 1. The Bertz CT molecular complexity index is 414. The lowest BCUT2D eigenvalue weighted by atomic mass is 9.99. The van der Waals surface area contributed by atoms with Crippen molar-refractivity contribution in [2.75, 3.05) is 20.1 Å². The Labute approximate surface area is 109 Å². The monoisotopic (exact) mass is 246 g/mol. The minimum Gasteiger partial charge on any atom is -0.339 e. The van der Waals surface area contributed by atoms with Crippen LogP contribution in [0.5, 0.6) is 0 Å². The van der Waals surface area contributed by atoms with Crippen molar-refractivity contribution >= 4 is 5.91 Å². The first kappa shape index (κ1) is 13.1. The second kappa shape index (κ2) is 5.53. The van der Waals surface area contributed by atoms with Gasteiger partial charge in [-0.05, 0) is 44.9 Å². The Balaban J connectivity index is 2.13. The zero-order valence-corrected chi connectivity index (χ0v) is 11.5. The molecule has 98 valence electrons. The Kier molecular flexibility index (Phi) is 4.02. The average Bonchev–Trinajstić information content (AvgIpc) is 2.38. The third kappa shape index (κ3) is 2.56. The highest BCUT2D eigenvalue weighted by atomic mass is 16.2. The number of amides is 1. The van der Waals surface area contributed by atoms with Crippen molar-refractivity contribution in [3.05, 3.63) is 34.9 Å². The summed E-state index contributed by atoms with van der Waals surface area (Å²) in [7, 11) is 1.99. The molecule has 0 atom stereocenters. The van der Waals surface area contributed by atoms with Gasteiger partial charge < -0.3 is 10.2 Å². The number of nitrogens with one attached hydrogen (secondary N) is 1. The van der Waals surface area contributed by atoms with Crippen molar-refractivity contribution in [2.45, 2.75) is 32.7 Å². The summed E-state index contributed by atoms with van der Waals surface area (Å²) in [6.07, 6.45) is 2.10. The molecule has 0 bridgehead atoms. The summed E-state index contributed by atoms with van der Waals surface area (Å²) in [6, 6.07) is 6.60. The topological polar surface area (TPSA) is 32.3 Å². The van der Waals surface area contributed by atoms with E-state index < -0.39 is 0 Å². The number of piperidine rings is 1. The third-order valence-corrected chi connectivity index (χ3v) is 3.89. The minimum atomic E-state index is 0.195. The first-order valence-electron chi connectivity index (χ1n) is 6.66. The van der Waals surface area contributed by atoms with Gasteiger partial charge in [-0.3, -0.25) is 4.79 Å². The van der Waals surface area contributed by atoms with Gasteiger partial charge in [0.2, 0.25) is 0 Å². The molecule has 3 nitrogen and oxygen atoms in total. The van der Waals surface area contributed by atoms with E-state index >= 15 is 0 Å². The van der Waals surface area contributed by atoms with Crippen molar-refractivity contribution < 1.29 is 4.79 Å². The minimum absolute atomic E-state index is 0.195. The number of hydrogen-bond acceptors (Lipinski definition) is 2. The van der Waals surface area contributed by atoms with Gasteiger partial charge in [-0.15, -0.1) is 0 Å². The lowest BCUT2D eigenvalue weighted by molar-refractivity contribution is 0.0706. The second-order valence-corrected chi connectivity index (χ2v) is 5.12. The molecule has 0 saturated carbocycles. The van der Waals surface area contributed by atoms with E-state index in [4.69, 9.17) is 0 Å². The van der Waals surface area contributed by atoms with Crippen molar-refractivity contribution in [3.63, 3.8) is 0 Å². The molecule has 2 rings (SSSR count). The molecule has 1 aliphatic rings. The van der Waals surface area contributed by atoms with Crippen LogP contribution in [0.2, 0.25) is 0 Å². The SMILES string of the molecule is CNC1CCN(C(=O)c2c(C)cccc2C)CC1. The van der Waals surface area contributed by atoms with E-state index in [9.17, 15) is 4.79 Å². The molecule has 1 aromatic rings. The number of likely N-dealkylation sites (tertiary alicyclic amines) is 1. The Morgan fingerprint density at radius 3 is 2.28 bits per heavy atom. The van der Waals surface area contributed by atoms with Crippen LogP contribution in [0.4, 0.5) is 0 Å². The number of carbonyl (C=O) groups excluding carboxylic acids is 1. The van der Waals surface area contributed by atoms with Crippen molar-refractivity contribution in [1.82, 2.24) is 10.2 Å². The number of nitrogens with zero attached hydrogens (tertiary/aromatic N) is 1. The lowest BCUT2D eigenvalue weighted by Crippen LogP contribution is -2.44. The quantitative estimate of drug-likeness (QED) is 0.867. The molecule has 1 heterocycles. The second-order valence-electron chi connectivity index (χ2n) is 5.12. The van der Waals surface area contributed by atoms with Crippen LogP contribution in [0.15, 0.2) is 18.2 Å². The smallest absolute Gasteiger partial charge is 0.254 e. The van der Waals surface area contributed by atoms with Gasteiger partial charge in [0.15, 0.2) is 0 Å². The van der Waals surface area contributed by atoms with E-state index in [1.54, 1.807) is 0 Å². The molecule has 0 aromatic heterocycles. The van der Waals surface area contributed by atoms with Crippen molar-refractivity contribution in [2.24, 2.45) is 0 Å². The standard InChI is InChI=1S/C15H22N2O/c1-11-5-4-6-12(2)14(11)15(18)17-9-7-13(16-3)8-10-17/h4-6,13,16H,7-10H2,1-3H3. The van der Waals surface area contributed by atoms with Crippen LogP contribution in [-0.4, -0.2) is 37.0 Å². The zero-order chi connectivity index (χ0) is 13.1. The summed E-state index contributed by atoms with van der Waals surface area (Å²) in [5.74, 6) is 0.195. The molecule has 0 aliphatic carbocycles. The summed E-state index contributed by atoms with van der Waals surface area (Å²) >= 11 is 0. The van der Waals surface area contributed by atoms with Gasteiger partial charge in [-0.25, -0.2) is 0 Å². The van der Waals surface area contributed by atoms with Gasteiger partial charge in [-0.1, -0.05) is 18.2 Å². The predicted molar refractivity (Wildman–Crippen MR) is 73.9 cm³/mol. The number of aryl methyl sites for hydroxylation is 2. The fourth-order valence-electron chi connectivity index (χ4n) is 2.68. The molecule has 0 spiro atoms. The lowest BCUT2D eigenvalue weighted by Gasteiger charge is -2.32. The Morgan fingerprint density at radius 2 is 1.78 bits per heavy atom. The van der Waals surface area contributed by atoms with E-state index in [1.165, 1.54) is 0 Å². The molecule has 1 aliphatic heterocycles. The van der Waals surface area contributed by atoms with E-state index in [-0.39, 0.29) is 5.91 Å². The number of rotatable bonds is 2. The molecule has 1 saturated heterocycles. The molecular weight excluding hydrogens is 224 g/mol. The van der Waals surface area contributed by atoms with Crippen LogP contribution >= 0.6 is 0 Å². The van der Waals surface area contributed by atoms with E-state index in [0.29, 0.717) is 6.04 Å². The molecule has 0 radical (unpaired) electrons. The molecule has 1 amide bonds. The maximum Gasteiger partial charge on any atom is 0.254 e.